The van der Waals surface area contributed by atoms with Gasteiger partial charge in [0.15, 0.2) is 0 Å². The molecule has 0 unspecified atom stereocenters. The maximum atomic E-state index is 12.8. The maximum Gasteiger partial charge on any atom is 0.416 e. The van der Waals surface area contributed by atoms with Gasteiger partial charge in [0.05, 0.1) is 23.9 Å². The number of methoxy groups -OCH3 is 1. The van der Waals surface area contributed by atoms with Crippen molar-refractivity contribution in [3.63, 3.8) is 0 Å². The summed E-state index contributed by atoms with van der Waals surface area (Å²) in [6.07, 6.45) is -4.50. The fourth-order valence-electron chi connectivity index (χ4n) is 1.84. The number of amides is 1. The van der Waals surface area contributed by atoms with Crippen LogP contribution < -0.4 is 10.1 Å². The highest BCUT2D eigenvalue weighted by Crippen LogP contribution is 2.34. The number of rotatable bonds is 3. The van der Waals surface area contributed by atoms with Crippen LogP contribution in [-0.2, 0) is 6.18 Å². The van der Waals surface area contributed by atoms with Gasteiger partial charge in [0, 0.05) is 9.50 Å². The monoisotopic (exact) mass is 407 g/mol. The van der Waals surface area contributed by atoms with Crippen molar-refractivity contribution in [2.24, 2.45) is 0 Å². The predicted octanol–water partition coefficient (Wildman–Crippen LogP) is 5.38. The second-order valence-corrected chi connectivity index (χ2v) is 5.78. The zero-order chi connectivity index (χ0) is 17.2. The van der Waals surface area contributed by atoms with Gasteiger partial charge < -0.3 is 10.1 Å². The molecule has 23 heavy (non-hydrogen) atoms. The van der Waals surface area contributed by atoms with Crippen LogP contribution in [0.15, 0.2) is 40.9 Å². The second kappa shape index (κ2) is 6.80. The van der Waals surface area contributed by atoms with Gasteiger partial charge in [-0.2, -0.15) is 13.2 Å². The first-order chi connectivity index (χ1) is 10.7. The van der Waals surface area contributed by atoms with Crippen molar-refractivity contribution in [2.75, 3.05) is 12.4 Å². The first-order valence-corrected chi connectivity index (χ1v) is 7.41. The summed E-state index contributed by atoms with van der Waals surface area (Å²) in [6.45, 7) is 0. The Kier molecular flexibility index (Phi) is 5.21. The van der Waals surface area contributed by atoms with Gasteiger partial charge in [-0.05, 0) is 52.3 Å². The highest BCUT2D eigenvalue weighted by atomic mass is 79.9. The third-order valence-electron chi connectivity index (χ3n) is 2.95. The second-order valence-electron chi connectivity index (χ2n) is 4.49. The zero-order valence-electron chi connectivity index (χ0n) is 11.7. The fraction of sp³-hybridized carbons (Fsp3) is 0.133. The zero-order valence-corrected chi connectivity index (χ0v) is 14.0. The molecule has 0 radical (unpaired) electrons. The third-order valence-corrected chi connectivity index (χ3v) is 3.88. The van der Waals surface area contributed by atoms with Crippen molar-refractivity contribution >= 4 is 39.1 Å². The highest BCUT2D eigenvalue weighted by Gasteiger charge is 2.31. The molecule has 0 aliphatic rings. The molecule has 2 aromatic carbocycles. The van der Waals surface area contributed by atoms with E-state index in [9.17, 15) is 18.0 Å². The summed E-state index contributed by atoms with van der Waals surface area (Å²) in [4.78, 5) is 12.3. The van der Waals surface area contributed by atoms with Crippen LogP contribution in [0.1, 0.15) is 15.9 Å². The van der Waals surface area contributed by atoms with Gasteiger partial charge in [0.2, 0.25) is 0 Å². The van der Waals surface area contributed by atoms with Crippen LogP contribution in [-0.4, -0.2) is 13.0 Å². The molecule has 1 amide bonds. The molecular formula is C15H10BrClF3NO2. The molecule has 8 heteroatoms. The van der Waals surface area contributed by atoms with Gasteiger partial charge in [-0.3, -0.25) is 4.79 Å². The minimum Gasteiger partial charge on any atom is -0.496 e. The van der Waals surface area contributed by atoms with E-state index in [1.54, 1.807) is 0 Å². The lowest BCUT2D eigenvalue weighted by molar-refractivity contribution is -0.137. The fourth-order valence-corrected chi connectivity index (χ4v) is 2.35. The van der Waals surface area contributed by atoms with E-state index in [1.807, 2.05) is 0 Å². The normalized spacial score (nSPS) is 11.2. The summed E-state index contributed by atoms with van der Waals surface area (Å²) in [6, 6.07) is 7.35. The Hall–Kier alpha value is -1.73. The van der Waals surface area contributed by atoms with Gasteiger partial charge in [-0.15, -0.1) is 0 Å². The van der Waals surface area contributed by atoms with E-state index < -0.39 is 17.6 Å². The van der Waals surface area contributed by atoms with Gasteiger partial charge in [0.1, 0.15) is 5.75 Å². The van der Waals surface area contributed by atoms with Crippen LogP contribution in [0.3, 0.4) is 0 Å². The minimum atomic E-state index is -4.50. The van der Waals surface area contributed by atoms with Crippen molar-refractivity contribution in [3.8, 4) is 5.75 Å². The van der Waals surface area contributed by atoms with Crippen molar-refractivity contribution in [1.82, 2.24) is 0 Å². The molecular weight excluding hydrogens is 399 g/mol. The van der Waals surface area contributed by atoms with Gasteiger partial charge in [-0.25, -0.2) is 0 Å². The van der Waals surface area contributed by atoms with Crippen LogP contribution >= 0.6 is 27.5 Å². The average Bonchev–Trinajstić information content (AvgIpc) is 2.48. The molecule has 0 spiro atoms. The van der Waals surface area contributed by atoms with Crippen molar-refractivity contribution in [2.45, 2.75) is 6.18 Å². The predicted molar refractivity (Wildman–Crippen MR) is 85.1 cm³/mol. The Morgan fingerprint density at radius 1 is 1.22 bits per heavy atom. The molecule has 0 aliphatic carbocycles. The molecule has 1 N–H and O–H groups in total. The lowest BCUT2D eigenvalue weighted by Crippen LogP contribution is -2.14. The van der Waals surface area contributed by atoms with Crippen LogP contribution in [0, 0.1) is 0 Å². The van der Waals surface area contributed by atoms with Crippen molar-refractivity contribution < 1.29 is 22.7 Å². The Labute approximate surface area is 143 Å². The lowest BCUT2D eigenvalue weighted by Gasteiger charge is -2.13. The number of hydrogen-bond donors (Lipinski definition) is 1. The molecule has 3 nitrogen and oxygen atoms in total. The molecule has 0 saturated carbocycles. The number of hydrogen-bond acceptors (Lipinski definition) is 2. The standard InChI is InChI=1S/C15H10BrClF3NO2/c1-23-13-7-9(17)3-4-10(13)14(22)21-12-6-8(15(18,19)20)2-5-11(12)16/h2-7H,1H3,(H,21,22). The largest absolute Gasteiger partial charge is 0.496 e. The summed E-state index contributed by atoms with van der Waals surface area (Å²) in [7, 11) is 1.36. The summed E-state index contributed by atoms with van der Waals surface area (Å²) in [5.74, 6) is -0.392. The summed E-state index contributed by atoms with van der Waals surface area (Å²) in [5.41, 5.74) is -0.706. The van der Waals surface area contributed by atoms with Crippen LogP contribution in [0.25, 0.3) is 0 Å². The molecule has 0 atom stereocenters. The van der Waals surface area contributed by atoms with E-state index in [4.69, 9.17) is 16.3 Å². The minimum absolute atomic E-state index is 0.00169. The first kappa shape index (κ1) is 17.6. The molecule has 122 valence electrons. The number of anilines is 1. The molecule has 2 aromatic rings. The molecule has 0 aliphatic heterocycles. The SMILES string of the molecule is COc1cc(Cl)ccc1C(=O)Nc1cc(C(F)(F)F)ccc1Br. The third kappa shape index (κ3) is 4.17. The number of carbonyl (C=O) groups excluding carboxylic acids is 1. The van der Waals surface area contributed by atoms with Crippen molar-refractivity contribution in [3.05, 3.63) is 57.0 Å². The lowest BCUT2D eigenvalue weighted by atomic mass is 10.1. The number of ether oxygens (including phenoxy) is 1. The Morgan fingerprint density at radius 3 is 2.52 bits per heavy atom. The first-order valence-electron chi connectivity index (χ1n) is 6.24. The highest BCUT2D eigenvalue weighted by molar-refractivity contribution is 9.10. The topological polar surface area (TPSA) is 38.3 Å². The number of carbonyl (C=O) groups is 1. The van der Waals surface area contributed by atoms with Crippen LogP contribution in [0.2, 0.25) is 5.02 Å². The molecule has 0 aromatic heterocycles. The number of halogens is 5. The quantitative estimate of drug-likeness (QED) is 0.740. The van der Waals surface area contributed by atoms with E-state index in [0.717, 1.165) is 12.1 Å². The van der Waals surface area contributed by atoms with E-state index in [1.165, 1.54) is 31.4 Å². The molecule has 0 bridgehead atoms. The van der Waals surface area contributed by atoms with E-state index in [2.05, 4.69) is 21.2 Å². The number of benzene rings is 2. The molecule has 0 saturated heterocycles. The Morgan fingerprint density at radius 2 is 1.91 bits per heavy atom. The van der Waals surface area contributed by atoms with Gasteiger partial charge in [-0.1, -0.05) is 11.6 Å². The van der Waals surface area contributed by atoms with Gasteiger partial charge >= 0.3 is 6.18 Å². The van der Waals surface area contributed by atoms with E-state index in [-0.39, 0.29) is 17.0 Å². The van der Waals surface area contributed by atoms with Gasteiger partial charge in [0.25, 0.3) is 5.91 Å². The van der Waals surface area contributed by atoms with Crippen LogP contribution in [0.5, 0.6) is 5.75 Å². The van der Waals surface area contributed by atoms with E-state index in [0.29, 0.717) is 9.50 Å². The number of nitrogens with one attached hydrogen (secondary N) is 1. The molecule has 0 heterocycles. The maximum absolute atomic E-state index is 12.8. The smallest absolute Gasteiger partial charge is 0.416 e. The Balaban J connectivity index is 2.34. The van der Waals surface area contributed by atoms with Crippen molar-refractivity contribution in [1.29, 1.82) is 0 Å². The number of alkyl halides is 3. The summed E-state index contributed by atoms with van der Waals surface area (Å²) in [5, 5.41) is 2.80. The Bertz CT molecular complexity index is 750. The van der Waals surface area contributed by atoms with E-state index >= 15 is 0 Å². The summed E-state index contributed by atoms with van der Waals surface area (Å²) >= 11 is 8.92. The molecule has 2 rings (SSSR count). The molecule has 0 fully saturated rings. The van der Waals surface area contributed by atoms with Crippen LogP contribution in [0.4, 0.5) is 18.9 Å². The average molecular weight is 409 g/mol. The summed E-state index contributed by atoms with van der Waals surface area (Å²) < 4.78 is 43.7.